The summed E-state index contributed by atoms with van der Waals surface area (Å²) in [6.45, 7) is 2.74. The normalized spacial score (nSPS) is 19.6. The van der Waals surface area contributed by atoms with Crippen LogP contribution in [0, 0.1) is 0 Å². The van der Waals surface area contributed by atoms with Crippen LogP contribution in [0.5, 0.6) is 0 Å². The highest BCUT2D eigenvalue weighted by molar-refractivity contribution is 5.93. The Kier molecular flexibility index (Phi) is 4.66. The molecule has 2 fully saturated rings. The molecule has 2 aromatic rings. The van der Waals surface area contributed by atoms with Gasteiger partial charge < -0.3 is 20.2 Å². The van der Waals surface area contributed by atoms with Crippen LogP contribution < -0.4 is 5.32 Å². The third-order valence-corrected chi connectivity index (χ3v) is 6.19. The second-order valence-electron chi connectivity index (χ2n) is 8.31. The highest BCUT2D eigenvalue weighted by atomic mass is 16.3. The zero-order chi connectivity index (χ0) is 20.7. The second kappa shape index (κ2) is 7.36. The number of piperazine rings is 1. The fraction of sp³-hybridized carbons (Fsp3) is 0.455. The summed E-state index contributed by atoms with van der Waals surface area (Å²) in [6, 6.07) is 6.23. The van der Waals surface area contributed by atoms with Gasteiger partial charge in [-0.25, -0.2) is 4.98 Å². The van der Waals surface area contributed by atoms with E-state index in [0.717, 1.165) is 30.6 Å². The van der Waals surface area contributed by atoms with Crippen LogP contribution in [0.3, 0.4) is 0 Å². The van der Waals surface area contributed by atoms with Crippen LogP contribution in [-0.2, 0) is 11.2 Å². The molecule has 0 spiro atoms. The summed E-state index contributed by atoms with van der Waals surface area (Å²) in [6.07, 6.45) is 6.41. The SMILES string of the molecule is O=C(c1cnc(-c2ccc3c(c2)CCCN3)cn1)N1CCN(C(=O)C2(O)CC2)CC1. The summed E-state index contributed by atoms with van der Waals surface area (Å²) in [5, 5.41) is 13.4. The van der Waals surface area contributed by atoms with Crippen molar-refractivity contribution >= 4 is 17.5 Å². The van der Waals surface area contributed by atoms with E-state index in [2.05, 4.69) is 27.4 Å². The van der Waals surface area contributed by atoms with E-state index >= 15 is 0 Å². The summed E-state index contributed by atoms with van der Waals surface area (Å²) in [5.74, 6) is -0.389. The summed E-state index contributed by atoms with van der Waals surface area (Å²) < 4.78 is 0. The van der Waals surface area contributed by atoms with E-state index in [4.69, 9.17) is 0 Å². The van der Waals surface area contributed by atoms with E-state index in [-0.39, 0.29) is 11.8 Å². The van der Waals surface area contributed by atoms with Gasteiger partial charge in [0.1, 0.15) is 11.3 Å². The number of nitrogens with zero attached hydrogens (tertiary/aromatic N) is 4. The van der Waals surface area contributed by atoms with Crippen molar-refractivity contribution in [3.63, 3.8) is 0 Å². The van der Waals surface area contributed by atoms with E-state index in [1.54, 1.807) is 16.0 Å². The van der Waals surface area contributed by atoms with Crippen molar-refractivity contribution in [3.05, 3.63) is 41.9 Å². The van der Waals surface area contributed by atoms with Gasteiger partial charge >= 0.3 is 0 Å². The van der Waals surface area contributed by atoms with Gasteiger partial charge in [0, 0.05) is 44.0 Å². The molecule has 1 aliphatic carbocycles. The molecule has 0 radical (unpaired) electrons. The maximum absolute atomic E-state index is 12.8. The van der Waals surface area contributed by atoms with Gasteiger partial charge in [-0.15, -0.1) is 0 Å². The van der Waals surface area contributed by atoms with Crippen molar-refractivity contribution in [2.75, 3.05) is 38.0 Å². The first-order valence-electron chi connectivity index (χ1n) is 10.5. The second-order valence-corrected chi connectivity index (χ2v) is 8.31. The molecule has 2 amide bonds. The van der Waals surface area contributed by atoms with Gasteiger partial charge in [0.15, 0.2) is 0 Å². The lowest BCUT2D eigenvalue weighted by molar-refractivity contribution is -0.143. The zero-order valence-electron chi connectivity index (χ0n) is 16.8. The quantitative estimate of drug-likeness (QED) is 0.796. The Hall–Kier alpha value is -3.00. The van der Waals surface area contributed by atoms with Crippen LogP contribution >= 0.6 is 0 Å². The van der Waals surface area contributed by atoms with Crippen molar-refractivity contribution < 1.29 is 14.7 Å². The zero-order valence-corrected chi connectivity index (χ0v) is 16.8. The highest BCUT2D eigenvalue weighted by Gasteiger charge is 2.50. The van der Waals surface area contributed by atoms with Gasteiger partial charge in [0.2, 0.25) is 0 Å². The Balaban J connectivity index is 1.23. The Labute approximate surface area is 174 Å². The number of aryl methyl sites for hydroxylation is 1. The number of amides is 2. The molecule has 5 rings (SSSR count). The molecule has 8 heteroatoms. The summed E-state index contributed by atoms with van der Waals surface area (Å²) in [4.78, 5) is 37.2. The number of anilines is 1. The lowest BCUT2D eigenvalue weighted by atomic mass is 10.00. The van der Waals surface area contributed by atoms with Gasteiger partial charge in [-0.1, -0.05) is 6.07 Å². The molecule has 1 saturated heterocycles. The number of nitrogens with one attached hydrogen (secondary N) is 1. The lowest BCUT2D eigenvalue weighted by Gasteiger charge is -2.35. The Morgan fingerprint density at radius 1 is 1.03 bits per heavy atom. The van der Waals surface area contributed by atoms with Crippen LogP contribution in [0.15, 0.2) is 30.6 Å². The molecule has 0 bridgehead atoms. The van der Waals surface area contributed by atoms with Crippen molar-refractivity contribution in [2.24, 2.45) is 0 Å². The number of rotatable bonds is 3. The number of hydrogen-bond acceptors (Lipinski definition) is 6. The topological polar surface area (TPSA) is 98.7 Å². The summed E-state index contributed by atoms with van der Waals surface area (Å²) >= 11 is 0. The fourth-order valence-corrected chi connectivity index (χ4v) is 4.12. The third-order valence-electron chi connectivity index (χ3n) is 6.19. The van der Waals surface area contributed by atoms with Gasteiger partial charge in [-0.3, -0.25) is 14.6 Å². The molecule has 1 aromatic carbocycles. The minimum Gasteiger partial charge on any atom is -0.385 e. The van der Waals surface area contributed by atoms with Crippen LogP contribution in [0.1, 0.15) is 35.3 Å². The van der Waals surface area contributed by atoms with Crippen LogP contribution in [0.4, 0.5) is 5.69 Å². The summed E-state index contributed by atoms with van der Waals surface area (Å²) in [7, 11) is 0. The molecule has 2 N–H and O–H groups in total. The number of carbonyl (C=O) groups excluding carboxylic acids is 2. The minimum absolute atomic E-state index is 0.180. The number of benzene rings is 1. The smallest absolute Gasteiger partial charge is 0.274 e. The van der Waals surface area contributed by atoms with Crippen LogP contribution in [-0.4, -0.2) is 75.0 Å². The molecular weight excluding hydrogens is 382 g/mol. The van der Waals surface area contributed by atoms with Crippen molar-refractivity contribution in [1.29, 1.82) is 0 Å². The standard InChI is InChI=1S/C22H25N5O3/c28-20(26-8-10-27(11-9-26)21(29)22(30)5-6-22)19-14-24-18(13-25-19)16-3-4-17-15(12-16)2-1-7-23-17/h3-4,12-14,23,30H,1-2,5-11H2. The fourth-order valence-electron chi connectivity index (χ4n) is 4.12. The van der Waals surface area contributed by atoms with E-state index in [0.29, 0.717) is 44.7 Å². The molecule has 0 atom stereocenters. The molecule has 1 saturated carbocycles. The molecular formula is C22H25N5O3. The molecule has 3 heterocycles. The average Bonchev–Trinajstić information content (AvgIpc) is 3.56. The third kappa shape index (κ3) is 3.52. The van der Waals surface area contributed by atoms with E-state index in [1.165, 1.54) is 17.4 Å². The predicted molar refractivity (Wildman–Crippen MR) is 111 cm³/mol. The number of aromatic nitrogens is 2. The van der Waals surface area contributed by atoms with Gasteiger partial charge in [-0.05, 0) is 43.4 Å². The molecule has 156 valence electrons. The first-order valence-corrected chi connectivity index (χ1v) is 10.5. The molecule has 3 aliphatic rings. The number of carbonyl (C=O) groups is 2. The van der Waals surface area contributed by atoms with Crippen molar-refractivity contribution in [3.8, 4) is 11.3 Å². The van der Waals surface area contributed by atoms with Crippen LogP contribution in [0.25, 0.3) is 11.3 Å². The van der Waals surface area contributed by atoms with Gasteiger partial charge in [0.25, 0.3) is 11.8 Å². The molecule has 0 unspecified atom stereocenters. The average molecular weight is 407 g/mol. The van der Waals surface area contributed by atoms with Gasteiger partial charge in [0.05, 0.1) is 18.1 Å². The van der Waals surface area contributed by atoms with E-state index in [1.807, 2.05) is 6.07 Å². The number of fused-ring (bicyclic) bond motifs is 1. The van der Waals surface area contributed by atoms with Crippen molar-refractivity contribution in [1.82, 2.24) is 19.8 Å². The molecule has 8 nitrogen and oxygen atoms in total. The summed E-state index contributed by atoms with van der Waals surface area (Å²) in [5.41, 5.74) is 3.35. The molecule has 1 aromatic heterocycles. The first-order chi connectivity index (χ1) is 14.5. The molecule has 30 heavy (non-hydrogen) atoms. The maximum atomic E-state index is 12.8. The number of aliphatic hydroxyl groups is 1. The minimum atomic E-state index is -1.15. The van der Waals surface area contributed by atoms with Gasteiger partial charge in [-0.2, -0.15) is 0 Å². The monoisotopic (exact) mass is 407 g/mol. The highest BCUT2D eigenvalue weighted by Crippen LogP contribution is 2.37. The maximum Gasteiger partial charge on any atom is 0.274 e. The van der Waals surface area contributed by atoms with E-state index < -0.39 is 5.60 Å². The Bertz CT molecular complexity index is 979. The molecule has 2 aliphatic heterocycles. The first kappa shape index (κ1) is 19.0. The Morgan fingerprint density at radius 3 is 2.50 bits per heavy atom. The van der Waals surface area contributed by atoms with Crippen molar-refractivity contribution in [2.45, 2.75) is 31.3 Å². The largest absolute Gasteiger partial charge is 0.385 e. The Morgan fingerprint density at radius 2 is 1.80 bits per heavy atom. The number of hydrogen-bond donors (Lipinski definition) is 2. The predicted octanol–water partition coefficient (Wildman–Crippen LogP) is 1.31. The lowest BCUT2D eigenvalue weighted by Crippen LogP contribution is -2.53. The van der Waals surface area contributed by atoms with Crippen LogP contribution in [0.2, 0.25) is 0 Å². The van der Waals surface area contributed by atoms with E-state index in [9.17, 15) is 14.7 Å².